The molecule has 5 heteroatoms. The molecule has 0 fully saturated rings. The van der Waals surface area contributed by atoms with E-state index in [0.29, 0.717) is 13.2 Å². The number of rotatable bonds is 8. The number of guanidine groups is 1. The molecule has 0 amide bonds. The van der Waals surface area contributed by atoms with E-state index in [1.807, 2.05) is 18.2 Å². The molecule has 0 saturated carbocycles. The van der Waals surface area contributed by atoms with Gasteiger partial charge >= 0.3 is 0 Å². The van der Waals surface area contributed by atoms with Gasteiger partial charge in [0.1, 0.15) is 12.4 Å². The number of hydrogen-bond acceptors (Lipinski definition) is 3. The normalized spacial score (nSPS) is 11.1. The molecule has 2 N–H and O–H groups in total. The summed E-state index contributed by atoms with van der Waals surface area (Å²) in [5.41, 5.74) is 1.30. The first-order valence-electron chi connectivity index (χ1n) is 7.97. The largest absolute Gasteiger partial charge is 0.490 e. The standard InChI is InChI=1S/C18H24N4O/c1-2-20-18(21-12-10-16-7-4-3-5-8-16)22-13-14-23-17-9-6-11-19-15-17/h3-9,11,15H,2,10,12-14H2,1H3,(H2,20,21,22). The molecule has 23 heavy (non-hydrogen) atoms. The summed E-state index contributed by atoms with van der Waals surface area (Å²) >= 11 is 0. The lowest BCUT2D eigenvalue weighted by molar-refractivity contribution is 0.320. The molecule has 1 aromatic heterocycles. The van der Waals surface area contributed by atoms with Crippen LogP contribution in [0.1, 0.15) is 12.5 Å². The fraction of sp³-hybridized carbons (Fsp3) is 0.333. The van der Waals surface area contributed by atoms with Crippen LogP contribution in [0.15, 0.2) is 59.9 Å². The summed E-state index contributed by atoms with van der Waals surface area (Å²) in [4.78, 5) is 8.60. The number of pyridine rings is 1. The number of aromatic nitrogens is 1. The van der Waals surface area contributed by atoms with Crippen LogP contribution in [-0.4, -0.2) is 37.2 Å². The SMILES string of the molecule is CCNC(=NCCc1ccccc1)NCCOc1cccnc1. The van der Waals surface area contributed by atoms with E-state index in [9.17, 15) is 0 Å². The van der Waals surface area contributed by atoms with Crippen LogP contribution in [0.5, 0.6) is 5.75 Å². The van der Waals surface area contributed by atoms with Crippen molar-refractivity contribution < 1.29 is 4.74 Å². The third-order valence-corrected chi connectivity index (χ3v) is 3.16. The van der Waals surface area contributed by atoms with E-state index >= 15 is 0 Å². The van der Waals surface area contributed by atoms with Gasteiger partial charge in [0.2, 0.25) is 0 Å². The van der Waals surface area contributed by atoms with Crippen molar-refractivity contribution >= 4 is 5.96 Å². The van der Waals surface area contributed by atoms with Gasteiger partial charge in [0.05, 0.1) is 12.7 Å². The van der Waals surface area contributed by atoms with Gasteiger partial charge in [0.15, 0.2) is 5.96 Å². The minimum atomic E-state index is 0.564. The predicted molar refractivity (Wildman–Crippen MR) is 93.9 cm³/mol. The lowest BCUT2D eigenvalue weighted by atomic mass is 10.2. The average Bonchev–Trinajstić information content (AvgIpc) is 2.60. The van der Waals surface area contributed by atoms with Crippen LogP contribution in [0.3, 0.4) is 0 Å². The minimum Gasteiger partial charge on any atom is -0.490 e. The number of nitrogens with one attached hydrogen (secondary N) is 2. The molecule has 2 aromatic rings. The number of hydrogen-bond donors (Lipinski definition) is 2. The molecule has 0 unspecified atom stereocenters. The van der Waals surface area contributed by atoms with E-state index in [-0.39, 0.29) is 0 Å². The maximum atomic E-state index is 5.60. The van der Waals surface area contributed by atoms with Crippen molar-refractivity contribution in [2.24, 2.45) is 4.99 Å². The maximum absolute atomic E-state index is 5.60. The van der Waals surface area contributed by atoms with E-state index < -0.39 is 0 Å². The van der Waals surface area contributed by atoms with E-state index in [1.54, 1.807) is 12.4 Å². The zero-order chi connectivity index (χ0) is 16.2. The van der Waals surface area contributed by atoms with Crippen LogP contribution in [0, 0.1) is 0 Å². The second-order valence-electron chi connectivity index (χ2n) is 4.96. The molecule has 0 aliphatic rings. The van der Waals surface area contributed by atoms with Crippen LogP contribution >= 0.6 is 0 Å². The van der Waals surface area contributed by atoms with Crippen molar-refractivity contribution in [1.82, 2.24) is 15.6 Å². The highest BCUT2D eigenvalue weighted by atomic mass is 16.5. The van der Waals surface area contributed by atoms with Crippen LogP contribution in [0.2, 0.25) is 0 Å². The zero-order valence-corrected chi connectivity index (χ0v) is 13.5. The Labute approximate surface area is 137 Å². The molecule has 0 spiro atoms. The lowest BCUT2D eigenvalue weighted by Crippen LogP contribution is -2.39. The minimum absolute atomic E-state index is 0.564. The molecule has 0 aliphatic carbocycles. The van der Waals surface area contributed by atoms with E-state index in [1.165, 1.54) is 5.56 Å². The Morgan fingerprint density at radius 3 is 2.74 bits per heavy atom. The van der Waals surface area contributed by atoms with Gasteiger partial charge < -0.3 is 15.4 Å². The van der Waals surface area contributed by atoms with Gasteiger partial charge in [-0.1, -0.05) is 30.3 Å². The second-order valence-corrected chi connectivity index (χ2v) is 4.96. The zero-order valence-electron chi connectivity index (χ0n) is 13.5. The highest BCUT2D eigenvalue weighted by Gasteiger charge is 1.98. The highest BCUT2D eigenvalue weighted by Crippen LogP contribution is 2.04. The molecule has 0 saturated heterocycles. The van der Waals surface area contributed by atoms with E-state index in [0.717, 1.165) is 31.2 Å². The first-order chi connectivity index (χ1) is 11.4. The molecule has 2 rings (SSSR count). The molecule has 5 nitrogen and oxygen atoms in total. The van der Waals surface area contributed by atoms with Crippen molar-refractivity contribution in [3.05, 3.63) is 60.4 Å². The topological polar surface area (TPSA) is 58.5 Å². The molecule has 0 atom stereocenters. The first kappa shape index (κ1) is 16.8. The fourth-order valence-electron chi connectivity index (χ4n) is 2.05. The van der Waals surface area contributed by atoms with Gasteiger partial charge in [-0.15, -0.1) is 0 Å². The Balaban J connectivity index is 1.71. The Morgan fingerprint density at radius 1 is 1.13 bits per heavy atom. The second kappa shape index (κ2) is 10.2. The van der Waals surface area contributed by atoms with Crippen LogP contribution < -0.4 is 15.4 Å². The molecule has 1 aromatic carbocycles. The predicted octanol–water partition coefficient (Wildman–Crippen LogP) is 2.26. The average molecular weight is 312 g/mol. The summed E-state index contributed by atoms with van der Waals surface area (Å²) in [6, 6.07) is 14.1. The number of benzene rings is 1. The molecule has 0 bridgehead atoms. The molecule has 1 heterocycles. The van der Waals surface area contributed by atoms with Gasteiger partial charge in [-0.05, 0) is 31.0 Å². The molecule has 122 valence electrons. The Bertz CT molecular complexity index is 572. The number of nitrogens with zero attached hydrogens (tertiary/aromatic N) is 2. The van der Waals surface area contributed by atoms with E-state index in [2.05, 4.69) is 51.8 Å². The summed E-state index contributed by atoms with van der Waals surface area (Å²) in [6.45, 7) is 4.89. The number of ether oxygens (including phenoxy) is 1. The first-order valence-corrected chi connectivity index (χ1v) is 7.97. The number of aliphatic imine (C=N–C) groups is 1. The Morgan fingerprint density at radius 2 is 2.00 bits per heavy atom. The molecule has 0 radical (unpaired) electrons. The van der Waals surface area contributed by atoms with Crippen molar-refractivity contribution in [1.29, 1.82) is 0 Å². The van der Waals surface area contributed by atoms with Gasteiger partial charge in [-0.25, -0.2) is 0 Å². The van der Waals surface area contributed by atoms with Crippen LogP contribution in [0.25, 0.3) is 0 Å². The van der Waals surface area contributed by atoms with Crippen molar-refractivity contribution in [2.75, 3.05) is 26.2 Å². The van der Waals surface area contributed by atoms with E-state index in [4.69, 9.17) is 4.74 Å². The smallest absolute Gasteiger partial charge is 0.191 e. The van der Waals surface area contributed by atoms with Gasteiger partial charge in [0.25, 0.3) is 0 Å². The van der Waals surface area contributed by atoms with Crippen molar-refractivity contribution in [2.45, 2.75) is 13.3 Å². The third-order valence-electron chi connectivity index (χ3n) is 3.16. The van der Waals surface area contributed by atoms with Gasteiger partial charge in [-0.2, -0.15) is 0 Å². The monoisotopic (exact) mass is 312 g/mol. The third kappa shape index (κ3) is 6.82. The van der Waals surface area contributed by atoms with Crippen LogP contribution in [0.4, 0.5) is 0 Å². The summed E-state index contributed by atoms with van der Waals surface area (Å²) in [5.74, 6) is 1.60. The quantitative estimate of drug-likeness (QED) is 0.446. The maximum Gasteiger partial charge on any atom is 0.191 e. The van der Waals surface area contributed by atoms with Crippen molar-refractivity contribution in [3.63, 3.8) is 0 Å². The summed E-state index contributed by atoms with van der Waals surface area (Å²) in [7, 11) is 0. The van der Waals surface area contributed by atoms with Crippen molar-refractivity contribution in [3.8, 4) is 5.75 Å². The molecular formula is C18H24N4O. The lowest BCUT2D eigenvalue weighted by Gasteiger charge is -2.12. The van der Waals surface area contributed by atoms with Gasteiger partial charge in [0, 0.05) is 19.3 Å². The Hall–Kier alpha value is -2.56. The summed E-state index contributed by atoms with van der Waals surface area (Å²) < 4.78 is 5.60. The Kier molecular flexibility index (Phi) is 7.46. The van der Waals surface area contributed by atoms with Crippen LogP contribution in [-0.2, 0) is 6.42 Å². The fourth-order valence-corrected chi connectivity index (χ4v) is 2.05. The molecular weight excluding hydrogens is 288 g/mol. The molecule has 0 aliphatic heterocycles. The summed E-state index contributed by atoms with van der Waals surface area (Å²) in [6.07, 6.45) is 4.37. The highest BCUT2D eigenvalue weighted by molar-refractivity contribution is 5.79. The summed E-state index contributed by atoms with van der Waals surface area (Å²) in [5, 5.41) is 6.51. The van der Waals surface area contributed by atoms with Gasteiger partial charge in [-0.3, -0.25) is 9.98 Å².